The number of ether oxygens (including phenoxy) is 1. The molecule has 3 aromatic carbocycles. The summed E-state index contributed by atoms with van der Waals surface area (Å²) in [4.78, 5) is 12.0. The van der Waals surface area contributed by atoms with Crippen molar-refractivity contribution in [2.24, 2.45) is 0 Å². The number of carbonyl (C=O) groups excluding carboxylic acids is 1. The van der Waals surface area contributed by atoms with E-state index < -0.39 is 0 Å². The van der Waals surface area contributed by atoms with Crippen LogP contribution in [-0.2, 0) is 11.4 Å². The molecule has 1 N–H and O–H groups in total. The summed E-state index contributed by atoms with van der Waals surface area (Å²) in [6.45, 7) is 0.512. The molecule has 1 amide bonds. The minimum atomic E-state index is -0.301. The fourth-order valence-electron chi connectivity index (χ4n) is 3.18. The molecule has 1 saturated heterocycles. The lowest BCUT2D eigenvalue weighted by Gasteiger charge is -2.37. The Bertz CT molecular complexity index is 892. The highest BCUT2D eigenvalue weighted by molar-refractivity contribution is 5.91. The van der Waals surface area contributed by atoms with Gasteiger partial charge in [-0.2, -0.15) is 0 Å². The Morgan fingerprint density at radius 1 is 0.846 bits per heavy atom. The van der Waals surface area contributed by atoms with E-state index in [1.54, 1.807) is 12.1 Å². The summed E-state index contributed by atoms with van der Waals surface area (Å²) in [6.07, 6.45) is 0. The summed E-state index contributed by atoms with van der Waals surface area (Å²) >= 11 is 0. The molecular formula is C22H18FNO2. The fraction of sp³-hybridized carbons (Fsp3) is 0.136. The molecule has 1 heterocycles. The third-order valence-corrected chi connectivity index (χ3v) is 4.63. The molecule has 3 aromatic rings. The molecule has 0 radical (unpaired) electrons. The van der Waals surface area contributed by atoms with Crippen molar-refractivity contribution in [1.29, 1.82) is 0 Å². The summed E-state index contributed by atoms with van der Waals surface area (Å²) < 4.78 is 18.9. The van der Waals surface area contributed by atoms with Gasteiger partial charge < -0.3 is 10.1 Å². The third kappa shape index (κ3) is 3.31. The third-order valence-electron chi connectivity index (χ3n) is 4.63. The molecule has 0 aliphatic carbocycles. The van der Waals surface area contributed by atoms with Crippen LogP contribution < -0.4 is 10.1 Å². The molecule has 0 bridgehead atoms. The Morgan fingerprint density at radius 2 is 1.50 bits per heavy atom. The molecule has 0 spiro atoms. The lowest BCUT2D eigenvalue weighted by atomic mass is 9.80. The average molecular weight is 347 g/mol. The summed E-state index contributed by atoms with van der Waals surface area (Å²) in [5.41, 5.74) is 2.94. The van der Waals surface area contributed by atoms with Gasteiger partial charge in [0.25, 0.3) is 0 Å². The lowest BCUT2D eigenvalue weighted by molar-refractivity contribution is -0.130. The molecule has 4 heteroatoms. The van der Waals surface area contributed by atoms with E-state index >= 15 is 0 Å². The van der Waals surface area contributed by atoms with Crippen LogP contribution >= 0.6 is 0 Å². The SMILES string of the molecule is O=C1N[C@@H](c2ccc(OCc3ccccc3)cc2)[C@@H]1c1ccc(F)cc1. The van der Waals surface area contributed by atoms with E-state index in [9.17, 15) is 9.18 Å². The molecule has 0 aromatic heterocycles. The van der Waals surface area contributed by atoms with Gasteiger partial charge in [-0.3, -0.25) is 4.79 Å². The second-order valence-corrected chi connectivity index (χ2v) is 6.36. The van der Waals surface area contributed by atoms with Crippen LogP contribution in [0.3, 0.4) is 0 Å². The van der Waals surface area contributed by atoms with Crippen molar-refractivity contribution < 1.29 is 13.9 Å². The van der Waals surface area contributed by atoms with Crippen molar-refractivity contribution in [1.82, 2.24) is 5.32 Å². The summed E-state index contributed by atoms with van der Waals surface area (Å²) in [7, 11) is 0. The second kappa shape index (κ2) is 7.00. The first-order chi connectivity index (χ1) is 12.7. The van der Waals surface area contributed by atoms with Crippen LogP contribution in [0.5, 0.6) is 5.75 Å². The number of benzene rings is 3. The maximum Gasteiger partial charge on any atom is 0.230 e. The highest BCUT2D eigenvalue weighted by atomic mass is 19.1. The molecular weight excluding hydrogens is 329 g/mol. The Labute approximate surface area is 151 Å². The molecule has 4 rings (SSSR count). The fourth-order valence-corrected chi connectivity index (χ4v) is 3.18. The predicted octanol–water partition coefficient (Wildman–Crippen LogP) is 4.36. The molecule has 1 aliphatic heterocycles. The van der Waals surface area contributed by atoms with Crippen LogP contribution in [0.4, 0.5) is 4.39 Å². The normalized spacial score (nSPS) is 18.7. The number of halogens is 1. The number of hydrogen-bond donors (Lipinski definition) is 1. The van der Waals surface area contributed by atoms with E-state index in [0.29, 0.717) is 6.61 Å². The van der Waals surface area contributed by atoms with Gasteiger partial charge in [-0.05, 0) is 41.0 Å². The maximum atomic E-state index is 13.1. The van der Waals surface area contributed by atoms with Crippen LogP contribution in [0.2, 0.25) is 0 Å². The van der Waals surface area contributed by atoms with Gasteiger partial charge >= 0.3 is 0 Å². The van der Waals surface area contributed by atoms with Crippen LogP contribution in [-0.4, -0.2) is 5.91 Å². The minimum Gasteiger partial charge on any atom is -0.489 e. The van der Waals surface area contributed by atoms with E-state index in [2.05, 4.69) is 5.32 Å². The first-order valence-electron chi connectivity index (χ1n) is 8.53. The van der Waals surface area contributed by atoms with Crippen LogP contribution in [0, 0.1) is 5.82 Å². The first-order valence-corrected chi connectivity index (χ1v) is 8.53. The van der Waals surface area contributed by atoms with Crippen LogP contribution in [0.15, 0.2) is 78.9 Å². The standard InChI is InChI=1S/C22H18FNO2/c23-18-10-6-16(7-11-18)20-21(24-22(20)25)17-8-12-19(13-9-17)26-14-15-4-2-1-3-5-15/h1-13,20-21H,14H2,(H,24,25)/t20-,21-/m0/s1. The molecule has 0 saturated carbocycles. The topological polar surface area (TPSA) is 38.3 Å². The number of rotatable bonds is 5. The molecule has 1 aliphatic rings. The summed E-state index contributed by atoms with van der Waals surface area (Å²) in [6, 6.07) is 23.7. The monoisotopic (exact) mass is 347 g/mol. The highest BCUT2D eigenvalue weighted by Crippen LogP contribution is 2.39. The minimum absolute atomic E-state index is 0.0361. The van der Waals surface area contributed by atoms with E-state index in [1.165, 1.54) is 12.1 Å². The Balaban J connectivity index is 1.44. The number of amides is 1. The molecule has 3 nitrogen and oxygen atoms in total. The number of hydrogen-bond acceptors (Lipinski definition) is 2. The van der Waals surface area contributed by atoms with Crippen molar-refractivity contribution in [3.63, 3.8) is 0 Å². The lowest BCUT2D eigenvalue weighted by Crippen LogP contribution is -2.49. The Hall–Kier alpha value is -3.14. The first kappa shape index (κ1) is 16.3. The highest BCUT2D eigenvalue weighted by Gasteiger charge is 2.41. The van der Waals surface area contributed by atoms with E-state index in [1.807, 2.05) is 54.6 Å². The molecule has 1 fully saturated rings. The van der Waals surface area contributed by atoms with Crippen LogP contribution in [0.1, 0.15) is 28.7 Å². The molecule has 26 heavy (non-hydrogen) atoms. The van der Waals surface area contributed by atoms with Gasteiger partial charge in [0.15, 0.2) is 0 Å². The van der Waals surface area contributed by atoms with Crippen molar-refractivity contribution in [3.8, 4) is 5.75 Å². The van der Waals surface area contributed by atoms with Crippen LogP contribution in [0.25, 0.3) is 0 Å². The van der Waals surface area contributed by atoms with E-state index in [4.69, 9.17) is 4.74 Å². The number of β-lactam (4-membered cyclic amide) rings is 1. The Kier molecular flexibility index (Phi) is 4.40. The van der Waals surface area contributed by atoms with Gasteiger partial charge in [0.2, 0.25) is 5.91 Å². The largest absolute Gasteiger partial charge is 0.489 e. The van der Waals surface area contributed by atoms with Gasteiger partial charge in [0.1, 0.15) is 18.2 Å². The second-order valence-electron chi connectivity index (χ2n) is 6.36. The zero-order valence-electron chi connectivity index (χ0n) is 14.1. The van der Waals surface area contributed by atoms with Gasteiger partial charge in [0, 0.05) is 0 Å². The predicted molar refractivity (Wildman–Crippen MR) is 97.2 cm³/mol. The van der Waals surface area contributed by atoms with Crippen molar-refractivity contribution >= 4 is 5.91 Å². The quantitative estimate of drug-likeness (QED) is 0.697. The zero-order valence-corrected chi connectivity index (χ0v) is 14.1. The summed E-state index contributed by atoms with van der Waals surface area (Å²) in [5, 5.41) is 2.93. The van der Waals surface area contributed by atoms with E-state index in [0.717, 1.165) is 22.4 Å². The smallest absolute Gasteiger partial charge is 0.230 e. The molecule has 2 atom stereocenters. The van der Waals surface area contributed by atoms with Gasteiger partial charge in [0.05, 0.1) is 12.0 Å². The van der Waals surface area contributed by atoms with Gasteiger partial charge in [-0.1, -0.05) is 54.6 Å². The van der Waals surface area contributed by atoms with Gasteiger partial charge in [-0.15, -0.1) is 0 Å². The van der Waals surface area contributed by atoms with Gasteiger partial charge in [-0.25, -0.2) is 4.39 Å². The van der Waals surface area contributed by atoms with E-state index in [-0.39, 0.29) is 23.7 Å². The number of carbonyl (C=O) groups is 1. The Morgan fingerprint density at radius 3 is 2.15 bits per heavy atom. The van der Waals surface area contributed by atoms with Crippen molar-refractivity contribution in [2.45, 2.75) is 18.6 Å². The number of nitrogens with one attached hydrogen (secondary N) is 1. The molecule has 0 unspecified atom stereocenters. The molecule has 130 valence electrons. The summed E-state index contributed by atoms with van der Waals surface area (Å²) in [5.74, 6) is 0.157. The maximum absolute atomic E-state index is 13.1. The van der Waals surface area contributed by atoms with Crippen molar-refractivity contribution in [3.05, 3.63) is 101 Å². The zero-order chi connectivity index (χ0) is 17.9. The van der Waals surface area contributed by atoms with Crippen molar-refractivity contribution in [2.75, 3.05) is 0 Å². The average Bonchev–Trinajstić information content (AvgIpc) is 2.67.